The van der Waals surface area contributed by atoms with Crippen molar-refractivity contribution >= 4 is 5.97 Å². The zero-order chi connectivity index (χ0) is 15.6. The molecule has 1 heterocycles. The van der Waals surface area contributed by atoms with E-state index in [2.05, 4.69) is 18.7 Å². The second-order valence-corrected chi connectivity index (χ2v) is 6.19. The van der Waals surface area contributed by atoms with Gasteiger partial charge in [0.05, 0.1) is 11.2 Å². The highest BCUT2D eigenvalue weighted by atomic mass is 16.4. The summed E-state index contributed by atoms with van der Waals surface area (Å²) in [5.41, 5.74) is 1.16. The summed E-state index contributed by atoms with van der Waals surface area (Å²) in [6, 6.07) is 5.76. The molecule has 0 bridgehead atoms. The first-order valence-corrected chi connectivity index (χ1v) is 7.70. The Hall–Kier alpha value is -1.39. The zero-order valence-electron chi connectivity index (χ0n) is 13.1. The van der Waals surface area contributed by atoms with Crippen LogP contribution in [0, 0.1) is 0 Å². The lowest BCUT2D eigenvalue weighted by Gasteiger charge is -2.40. The number of hydrogen-bond acceptors (Lipinski definition) is 3. The Morgan fingerprint density at radius 3 is 2.43 bits per heavy atom. The van der Waals surface area contributed by atoms with Crippen LogP contribution < -0.4 is 0 Å². The number of aliphatic hydroxyl groups is 1. The molecule has 0 saturated carbocycles. The summed E-state index contributed by atoms with van der Waals surface area (Å²) < 4.78 is 0. The topological polar surface area (TPSA) is 60.8 Å². The monoisotopic (exact) mass is 291 g/mol. The third kappa shape index (κ3) is 3.27. The molecule has 1 aromatic rings. The molecule has 0 amide bonds. The van der Waals surface area contributed by atoms with Crippen LogP contribution in [0.15, 0.2) is 18.2 Å². The summed E-state index contributed by atoms with van der Waals surface area (Å²) in [6.45, 7) is 8.02. The van der Waals surface area contributed by atoms with E-state index in [4.69, 9.17) is 0 Å². The fourth-order valence-electron chi connectivity index (χ4n) is 3.08. The number of hydrogen-bond donors (Lipinski definition) is 2. The first kappa shape index (κ1) is 16.0. The molecule has 0 aliphatic carbocycles. The van der Waals surface area contributed by atoms with Crippen LogP contribution in [-0.2, 0) is 12.0 Å². The number of carbonyl (C=O) groups is 1. The molecule has 1 aromatic carbocycles. The molecule has 0 spiro atoms. The minimum Gasteiger partial charge on any atom is -0.478 e. The molecule has 116 valence electrons. The number of piperidine rings is 1. The van der Waals surface area contributed by atoms with E-state index >= 15 is 0 Å². The second-order valence-electron chi connectivity index (χ2n) is 6.19. The molecule has 0 radical (unpaired) electrons. The van der Waals surface area contributed by atoms with Crippen molar-refractivity contribution in [2.24, 2.45) is 0 Å². The van der Waals surface area contributed by atoms with Crippen LogP contribution in [0.2, 0.25) is 0 Å². The second kappa shape index (κ2) is 6.16. The number of carboxylic acid groups (broad SMARTS) is 1. The highest BCUT2D eigenvalue weighted by molar-refractivity contribution is 5.89. The van der Waals surface area contributed by atoms with Crippen molar-refractivity contribution in [3.8, 4) is 0 Å². The fourth-order valence-corrected chi connectivity index (χ4v) is 3.08. The van der Waals surface area contributed by atoms with Gasteiger partial charge in [-0.2, -0.15) is 0 Å². The number of nitrogens with zero attached hydrogens (tertiary/aromatic N) is 1. The number of likely N-dealkylation sites (tertiary alicyclic amines) is 1. The predicted octanol–water partition coefficient (Wildman–Crippen LogP) is 2.64. The van der Waals surface area contributed by atoms with Crippen LogP contribution in [0.3, 0.4) is 0 Å². The lowest BCUT2D eigenvalue weighted by Crippen LogP contribution is -2.45. The van der Waals surface area contributed by atoms with Crippen molar-refractivity contribution in [2.75, 3.05) is 13.1 Å². The maximum absolute atomic E-state index is 11.2. The Labute approximate surface area is 126 Å². The van der Waals surface area contributed by atoms with Crippen LogP contribution in [0.25, 0.3) is 0 Å². The van der Waals surface area contributed by atoms with Crippen LogP contribution in [0.4, 0.5) is 0 Å². The number of rotatable bonds is 4. The number of aryl methyl sites for hydroxylation is 1. The van der Waals surface area contributed by atoms with E-state index in [0.717, 1.165) is 24.2 Å². The molecule has 2 rings (SSSR count). The SMILES string of the molecule is CCc1cc(C2(O)CCN(C(C)C)CC2)ccc1C(=O)O. The maximum Gasteiger partial charge on any atom is 0.335 e. The molecule has 1 fully saturated rings. The van der Waals surface area contributed by atoms with Crippen LogP contribution in [0.5, 0.6) is 0 Å². The Balaban J connectivity index is 2.24. The minimum absolute atomic E-state index is 0.337. The number of benzene rings is 1. The maximum atomic E-state index is 11.2. The van der Waals surface area contributed by atoms with Gasteiger partial charge < -0.3 is 15.1 Å². The molecule has 1 saturated heterocycles. The van der Waals surface area contributed by atoms with E-state index in [-0.39, 0.29) is 0 Å². The third-order valence-electron chi connectivity index (χ3n) is 4.61. The summed E-state index contributed by atoms with van der Waals surface area (Å²) in [5, 5.41) is 20.1. The van der Waals surface area contributed by atoms with Gasteiger partial charge in [0, 0.05) is 19.1 Å². The molecule has 21 heavy (non-hydrogen) atoms. The van der Waals surface area contributed by atoms with Crippen molar-refractivity contribution in [1.29, 1.82) is 0 Å². The smallest absolute Gasteiger partial charge is 0.335 e. The van der Waals surface area contributed by atoms with Crippen LogP contribution >= 0.6 is 0 Å². The van der Waals surface area contributed by atoms with Crippen molar-refractivity contribution in [3.05, 3.63) is 34.9 Å². The van der Waals surface area contributed by atoms with E-state index < -0.39 is 11.6 Å². The molecule has 2 N–H and O–H groups in total. The Bertz CT molecular complexity index is 517. The van der Waals surface area contributed by atoms with Gasteiger partial charge in [-0.15, -0.1) is 0 Å². The van der Waals surface area contributed by atoms with Gasteiger partial charge in [0.1, 0.15) is 0 Å². The molecule has 0 unspecified atom stereocenters. The lowest BCUT2D eigenvalue weighted by atomic mass is 9.82. The first-order chi connectivity index (χ1) is 9.87. The highest BCUT2D eigenvalue weighted by Crippen LogP contribution is 2.34. The van der Waals surface area contributed by atoms with E-state index in [0.29, 0.717) is 30.9 Å². The standard InChI is InChI=1S/C17H25NO3/c1-4-13-11-14(5-6-15(13)16(19)20)17(21)7-9-18(10-8-17)12(2)3/h5-6,11-12,21H,4,7-10H2,1-3H3,(H,19,20). The van der Waals surface area contributed by atoms with E-state index in [1.54, 1.807) is 12.1 Å². The normalized spacial score (nSPS) is 18.9. The fraction of sp³-hybridized carbons (Fsp3) is 0.588. The van der Waals surface area contributed by atoms with Crippen molar-refractivity contribution in [3.63, 3.8) is 0 Å². The molecular weight excluding hydrogens is 266 g/mol. The third-order valence-corrected chi connectivity index (χ3v) is 4.61. The van der Waals surface area contributed by atoms with Gasteiger partial charge in [-0.1, -0.05) is 19.1 Å². The zero-order valence-corrected chi connectivity index (χ0v) is 13.1. The molecule has 1 aliphatic heterocycles. The largest absolute Gasteiger partial charge is 0.478 e. The van der Waals surface area contributed by atoms with Crippen LogP contribution in [-0.4, -0.2) is 40.2 Å². The van der Waals surface area contributed by atoms with Gasteiger partial charge in [-0.25, -0.2) is 4.79 Å². The predicted molar refractivity (Wildman–Crippen MR) is 82.6 cm³/mol. The number of aromatic carboxylic acids is 1. The summed E-state index contributed by atoms with van der Waals surface area (Å²) >= 11 is 0. The van der Waals surface area contributed by atoms with Gasteiger partial charge in [0.25, 0.3) is 0 Å². The summed E-state index contributed by atoms with van der Waals surface area (Å²) in [7, 11) is 0. The quantitative estimate of drug-likeness (QED) is 0.895. The van der Waals surface area contributed by atoms with Gasteiger partial charge >= 0.3 is 5.97 Å². The highest BCUT2D eigenvalue weighted by Gasteiger charge is 2.35. The average molecular weight is 291 g/mol. The molecule has 0 atom stereocenters. The first-order valence-electron chi connectivity index (χ1n) is 7.70. The molecule has 4 heteroatoms. The van der Waals surface area contributed by atoms with Crippen molar-refractivity contribution in [2.45, 2.75) is 51.7 Å². The summed E-state index contributed by atoms with van der Waals surface area (Å²) in [5.74, 6) is -0.903. The van der Waals surface area contributed by atoms with E-state index in [1.807, 2.05) is 13.0 Å². The van der Waals surface area contributed by atoms with Gasteiger partial charge in [0.15, 0.2) is 0 Å². The number of carboxylic acids is 1. The summed E-state index contributed by atoms with van der Waals surface area (Å²) in [4.78, 5) is 13.6. The summed E-state index contributed by atoms with van der Waals surface area (Å²) in [6.07, 6.45) is 2.05. The van der Waals surface area contributed by atoms with E-state index in [1.165, 1.54) is 0 Å². The lowest BCUT2D eigenvalue weighted by molar-refractivity contribution is -0.0324. The average Bonchev–Trinajstić information content (AvgIpc) is 2.46. The van der Waals surface area contributed by atoms with Crippen LogP contribution in [0.1, 0.15) is 55.1 Å². The molecule has 1 aliphatic rings. The van der Waals surface area contributed by atoms with Crippen molar-refractivity contribution in [1.82, 2.24) is 4.90 Å². The minimum atomic E-state index is -0.903. The Morgan fingerprint density at radius 2 is 1.95 bits per heavy atom. The molecular formula is C17H25NO3. The Kier molecular flexibility index (Phi) is 4.69. The Morgan fingerprint density at radius 1 is 1.33 bits per heavy atom. The van der Waals surface area contributed by atoms with Gasteiger partial charge in [-0.3, -0.25) is 0 Å². The van der Waals surface area contributed by atoms with Gasteiger partial charge in [-0.05, 0) is 50.3 Å². The molecule has 4 nitrogen and oxygen atoms in total. The van der Waals surface area contributed by atoms with Gasteiger partial charge in [0.2, 0.25) is 0 Å². The molecule has 0 aromatic heterocycles. The van der Waals surface area contributed by atoms with E-state index in [9.17, 15) is 15.0 Å². The van der Waals surface area contributed by atoms with Crippen molar-refractivity contribution < 1.29 is 15.0 Å².